The van der Waals surface area contributed by atoms with Crippen molar-refractivity contribution in [3.8, 4) is 0 Å². The lowest BCUT2D eigenvalue weighted by atomic mass is 9.63. The highest BCUT2D eigenvalue weighted by Gasteiger charge is 2.55. The first-order valence-corrected chi connectivity index (χ1v) is 7.64. The van der Waals surface area contributed by atoms with Crippen molar-refractivity contribution in [3.05, 3.63) is 0 Å². The molecule has 2 unspecified atom stereocenters. The van der Waals surface area contributed by atoms with Gasteiger partial charge in [0.1, 0.15) is 0 Å². The van der Waals surface area contributed by atoms with E-state index in [4.69, 9.17) is 0 Å². The zero-order valence-electron chi connectivity index (χ0n) is 11.2. The fraction of sp³-hybridized carbons (Fsp3) is 1.00. The van der Waals surface area contributed by atoms with Crippen LogP contribution in [0.1, 0.15) is 44.9 Å². The zero-order valence-corrected chi connectivity index (χ0v) is 11.2. The van der Waals surface area contributed by atoms with E-state index >= 15 is 0 Å². The molecule has 0 N–H and O–H groups in total. The second-order valence-electron chi connectivity index (χ2n) is 7.48. The molecule has 2 heteroatoms. The highest BCUT2D eigenvalue weighted by molar-refractivity contribution is 5.09. The van der Waals surface area contributed by atoms with Gasteiger partial charge < -0.3 is 4.90 Å². The van der Waals surface area contributed by atoms with E-state index in [0.717, 1.165) is 11.5 Å². The van der Waals surface area contributed by atoms with Gasteiger partial charge in [-0.05, 0) is 69.5 Å². The summed E-state index contributed by atoms with van der Waals surface area (Å²) < 4.78 is 0. The van der Waals surface area contributed by atoms with Gasteiger partial charge in [0.25, 0.3) is 0 Å². The Morgan fingerprint density at radius 2 is 1.82 bits per heavy atom. The van der Waals surface area contributed by atoms with E-state index in [1.54, 1.807) is 0 Å². The Labute approximate surface area is 105 Å². The minimum atomic E-state index is 0.712. The van der Waals surface area contributed by atoms with Crippen molar-refractivity contribution in [2.24, 2.45) is 10.8 Å². The summed E-state index contributed by atoms with van der Waals surface area (Å²) in [6.07, 6.45) is 10.5. The standard InChI is InChI=1S/C15H26N2/c1-16-9-8-15(12-16)6-3-13(15)17-10-7-14(11-17)4-2-5-14/h13H,2-12H2,1H3. The first-order valence-electron chi connectivity index (χ1n) is 7.64. The molecular weight excluding hydrogens is 208 g/mol. The summed E-state index contributed by atoms with van der Waals surface area (Å²) in [5.74, 6) is 0. The molecule has 2 saturated carbocycles. The molecule has 0 aromatic heterocycles. The summed E-state index contributed by atoms with van der Waals surface area (Å²) in [5.41, 5.74) is 1.51. The van der Waals surface area contributed by atoms with Crippen molar-refractivity contribution in [3.63, 3.8) is 0 Å². The van der Waals surface area contributed by atoms with Crippen LogP contribution in [0.5, 0.6) is 0 Å². The van der Waals surface area contributed by atoms with Crippen LogP contribution in [0.4, 0.5) is 0 Å². The molecule has 17 heavy (non-hydrogen) atoms. The van der Waals surface area contributed by atoms with Crippen molar-refractivity contribution in [1.29, 1.82) is 0 Å². The van der Waals surface area contributed by atoms with Crippen LogP contribution in [-0.4, -0.2) is 49.1 Å². The van der Waals surface area contributed by atoms with Crippen LogP contribution in [-0.2, 0) is 0 Å². The normalized spacial score (nSPS) is 45.4. The van der Waals surface area contributed by atoms with Gasteiger partial charge in [-0.15, -0.1) is 0 Å². The molecule has 2 heterocycles. The van der Waals surface area contributed by atoms with E-state index in [2.05, 4.69) is 16.8 Å². The molecule has 2 saturated heterocycles. The molecule has 2 spiro atoms. The van der Waals surface area contributed by atoms with Crippen LogP contribution >= 0.6 is 0 Å². The quantitative estimate of drug-likeness (QED) is 0.687. The second kappa shape index (κ2) is 3.48. The molecule has 0 radical (unpaired) electrons. The number of hydrogen-bond donors (Lipinski definition) is 0. The zero-order chi connectivity index (χ0) is 11.5. The highest BCUT2D eigenvalue weighted by Crippen LogP contribution is 2.55. The summed E-state index contributed by atoms with van der Waals surface area (Å²) in [4.78, 5) is 5.45. The van der Waals surface area contributed by atoms with Gasteiger partial charge >= 0.3 is 0 Å². The van der Waals surface area contributed by atoms with Crippen molar-refractivity contribution in [2.45, 2.75) is 51.0 Å². The van der Waals surface area contributed by atoms with Crippen molar-refractivity contribution < 1.29 is 0 Å². The maximum absolute atomic E-state index is 2.89. The lowest BCUT2D eigenvalue weighted by Gasteiger charge is -2.52. The van der Waals surface area contributed by atoms with Crippen molar-refractivity contribution in [1.82, 2.24) is 9.80 Å². The van der Waals surface area contributed by atoms with Crippen LogP contribution in [0.3, 0.4) is 0 Å². The molecule has 96 valence electrons. The summed E-state index contributed by atoms with van der Waals surface area (Å²) in [6, 6.07) is 0.951. The third-order valence-electron chi connectivity index (χ3n) is 6.52. The van der Waals surface area contributed by atoms with Crippen LogP contribution in [0.2, 0.25) is 0 Å². The second-order valence-corrected chi connectivity index (χ2v) is 7.48. The van der Waals surface area contributed by atoms with E-state index in [0.29, 0.717) is 5.41 Å². The number of nitrogens with zero attached hydrogens (tertiary/aromatic N) is 2. The maximum atomic E-state index is 2.89. The topological polar surface area (TPSA) is 6.48 Å². The minimum Gasteiger partial charge on any atom is -0.306 e. The Kier molecular flexibility index (Phi) is 2.21. The van der Waals surface area contributed by atoms with Gasteiger partial charge in [-0.25, -0.2) is 0 Å². The van der Waals surface area contributed by atoms with E-state index in [1.807, 2.05) is 0 Å². The third-order valence-corrected chi connectivity index (χ3v) is 6.52. The molecule has 0 bridgehead atoms. The minimum absolute atomic E-state index is 0.712. The van der Waals surface area contributed by atoms with Crippen LogP contribution < -0.4 is 0 Å². The summed E-state index contributed by atoms with van der Waals surface area (Å²) >= 11 is 0. The van der Waals surface area contributed by atoms with Gasteiger partial charge in [-0.2, -0.15) is 0 Å². The summed E-state index contributed by atoms with van der Waals surface area (Å²) in [6.45, 7) is 5.58. The summed E-state index contributed by atoms with van der Waals surface area (Å²) in [7, 11) is 2.31. The highest BCUT2D eigenvalue weighted by atomic mass is 15.2. The van der Waals surface area contributed by atoms with E-state index in [1.165, 1.54) is 71.1 Å². The van der Waals surface area contributed by atoms with E-state index in [9.17, 15) is 0 Å². The van der Waals surface area contributed by atoms with Gasteiger partial charge in [0.15, 0.2) is 0 Å². The molecule has 2 aliphatic carbocycles. The Balaban J connectivity index is 1.46. The lowest BCUT2D eigenvalue weighted by Crippen LogP contribution is -2.56. The van der Waals surface area contributed by atoms with Crippen molar-refractivity contribution >= 4 is 0 Å². The SMILES string of the molecule is CN1CCC2(CCC2N2CCC3(CCC3)C2)C1. The van der Waals surface area contributed by atoms with Gasteiger partial charge in [0.05, 0.1) is 0 Å². The predicted octanol–water partition coefficient (Wildman–Crippen LogP) is 2.35. The van der Waals surface area contributed by atoms with E-state index in [-0.39, 0.29) is 0 Å². The Hall–Kier alpha value is -0.0800. The lowest BCUT2D eigenvalue weighted by molar-refractivity contribution is -0.0170. The molecule has 2 aliphatic heterocycles. The molecular formula is C15H26N2. The molecule has 2 nitrogen and oxygen atoms in total. The third kappa shape index (κ3) is 1.46. The fourth-order valence-corrected chi connectivity index (χ4v) is 5.16. The Morgan fingerprint density at radius 3 is 2.29 bits per heavy atom. The first kappa shape index (κ1) is 10.8. The van der Waals surface area contributed by atoms with Gasteiger partial charge in [0, 0.05) is 19.1 Å². The Bertz CT molecular complexity index is 323. The largest absolute Gasteiger partial charge is 0.306 e. The molecule has 4 rings (SSSR count). The predicted molar refractivity (Wildman–Crippen MR) is 70.0 cm³/mol. The summed E-state index contributed by atoms with van der Waals surface area (Å²) in [5, 5.41) is 0. The average Bonchev–Trinajstić information content (AvgIpc) is 2.81. The van der Waals surface area contributed by atoms with Gasteiger partial charge in [-0.1, -0.05) is 6.42 Å². The number of rotatable bonds is 1. The first-order chi connectivity index (χ1) is 8.22. The monoisotopic (exact) mass is 234 g/mol. The van der Waals surface area contributed by atoms with Crippen LogP contribution in [0.25, 0.3) is 0 Å². The average molecular weight is 234 g/mol. The molecule has 0 amide bonds. The number of hydrogen-bond acceptors (Lipinski definition) is 2. The molecule has 2 atom stereocenters. The molecule has 0 aromatic rings. The van der Waals surface area contributed by atoms with Crippen LogP contribution in [0, 0.1) is 10.8 Å². The fourth-order valence-electron chi connectivity index (χ4n) is 5.16. The van der Waals surface area contributed by atoms with E-state index < -0.39 is 0 Å². The Morgan fingerprint density at radius 1 is 0.941 bits per heavy atom. The van der Waals surface area contributed by atoms with Gasteiger partial charge in [-0.3, -0.25) is 4.90 Å². The van der Waals surface area contributed by atoms with Crippen LogP contribution in [0.15, 0.2) is 0 Å². The van der Waals surface area contributed by atoms with Gasteiger partial charge in [0.2, 0.25) is 0 Å². The maximum Gasteiger partial charge on any atom is 0.0165 e. The van der Waals surface area contributed by atoms with Crippen molar-refractivity contribution in [2.75, 3.05) is 33.2 Å². The molecule has 4 fully saturated rings. The molecule has 4 aliphatic rings. The molecule has 0 aromatic carbocycles. The number of likely N-dealkylation sites (tertiary alicyclic amines) is 2. The smallest absolute Gasteiger partial charge is 0.0165 e.